The van der Waals surface area contributed by atoms with Gasteiger partial charge < -0.3 is 15.2 Å². The largest absolute Gasteiger partial charge is 0.385 e. The molecule has 1 aromatic rings. The van der Waals surface area contributed by atoms with Gasteiger partial charge in [0.2, 0.25) is 5.91 Å². The van der Waals surface area contributed by atoms with Crippen LogP contribution in [0.15, 0.2) is 30.3 Å². The van der Waals surface area contributed by atoms with Gasteiger partial charge in [0.1, 0.15) is 5.60 Å². The Morgan fingerprint density at radius 2 is 1.96 bits per heavy atom. The zero-order valence-electron chi connectivity index (χ0n) is 14.7. The van der Waals surface area contributed by atoms with Crippen LogP contribution in [0.2, 0.25) is 0 Å². The van der Waals surface area contributed by atoms with Gasteiger partial charge in [-0.15, -0.1) is 0 Å². The van der Waals surface area contributed by atoms with Crippen molar-refractivity contribution in [3.8, 4) is 0 Å². The molecule has 2 N–H and O–H groups in total. The van der Waals surface area contributed by atoms with E-state index in [0.717, 1.165) is 0 Å². The van der Waals surface area contributed by atoms with E-state index < -0.39 is 11.0 Å². The van der Waals surface area contributed by atoms with Gasteiger partial charge in [0.05, 0.1) is 6.10 Å². The molecule has 1 aromatic carbocycles. The number of nitrogens with one attached hydrogen (secondary N) is 1. The Kier molecular flexibility index (Phi) is 5.78. The molecule has 0 aromatic heterocycles. The van der Waals surface area contributed by atoms with E-state index in [1.54, 1.807) is 12.1 Å². The molecule has 0 aliphatic carbocycles. The summed E-state index contributed by atoms with van der Waals surface area (Å²) < 4.78 is 5.36. The summed E-state index contributed by atoms with van der Waals surface area (Å²) in [6.45, 7) is 6.30. The molecule has 1 saturated heterocycles. The predicted molar refractivity (Wildman–Crippen MR) is 91.8 cm³/mol. The van der Waals surface area contributed by atoms with Crippen molar-refractivity contribution in [3.63, 3.8) is 0 Å². The summed E-state index contributed by atoms with van der Waals surface area (Å²) in [5, 5.41) is 13.2. The van der Waals surface area contributed by atoms with E-state index in [0.29, 0.717) is 25.0 Å². The topological polar surface area (TPSA) is 75.6 Å². The molecule has 0 radical (unpaired) electrons. The molecule has 1 heterocycles. The minimum Gasteiger partial charge on any atom is -0.385 e. The van der Waals surface area contributed by atoms with E-state index >= 15 is 0 Å². The zero-order valence-corrected chi connectivity index (χ0v) is 14.7. The highest BCUT2D eigenvalue weighted by atomic mass is 16.5. The van der Waals surface area contributed by atoms with Gasteiger partial charge >= 0.3 is 0 Å². The van der Waals surface area contributed by atoms with Crippen LogP contribution in [0.4, 0.5) is 0 Å². The lowest BCUT2D eigenvalue weighted by molar-refractivity contribution is -0.124. The van der Waals surface area contributed by atoms with Crippen LogP contribution < -0.4 is 5.32 Å². The summed E-state index contributed by atoms with van der Waals surface area (Å²) in [4.78, 5) is 24.5. The standard InChI is InChI=1S/C19H27NO4/c1-14-19(23,9-10-24-14)13-20-17(22)12-18(2,3)11-16(21)15-7-5-4-6-8-15/h4-8,14,23H,9-13H2,1-3H3,(H,20,22)/t14-,19+/m0/s1. The van der Waals surface area contributed by atoms with Crippen LogP contribution in [0.1, 0.15) is 50.4 Å². The van der Waals surface area contributed by atoms with Gasteiger partial charge in [0.25, 0.3) is 0 Å². The zero-order chi connectivity index (χ0) is 17.8. The summed E-state index contributed by atoms with van der Waals surface area (Å²) in [5.41, 5.74) is -0.783. The summed E-state index contributed by atoms with van der Waals surface area (Å²) in [6.07, 6.45) is 0.764. The van der Waals surface area contributed by atoms with Crippen molar-refractivity contribution in [2.24, 2.45) is 5.41 Å². The number of hydrogen-bond donors (Lipinski definition) is 2. The number of rotatable bonds is 7. The molecule has 5 nitrogen and oxygen atoms in total. The third kappa shape index (κ3) is 4.89. The first kappa shape index (κ1) is 18.6. The van der Waals surface area contributed by atoms with E-state index in [4.69, 9.17) is 4.74 Å². The van der Waals surface area contributed by atoms with Gasteiger partial charge in [-0.3, -0.25) is 9.59 Å². The first-order valence-corrected chi connectivity index (χ1v) is 8.41. The Morgan fingerprint density at radius 1 is 1.29 bits per heavy atom. The number of amides is 1. The molecular formula is C19H27NO4. The van der Waals surface area contributed by atoms with Crippen LogP contribution in [-0.2, 0) is 9.53 Å². The molecule has 1 aliphatic rings. The van der Waals surface area contributed by atoms with Crippen molar-refractivity contribution in [2.75, 3.05) is 13.2 Å². The maximum Gasteiger partial charge on any atom is 0.220 e. The molecule has 0 saturated carbocycles. The molecule has 1 aliphatic heterocycles. The number of Topliss-reactive ketones (excluding diaryl/α,β-unsaturated/α-hetero) is 1. The molecule has 1 amide bonds. The quantitative estimate of drug-likeness (QED) is 0.751. The van der Waals surface area contributed by atoms with E-state index in [2.05, 4.69) is 5.32 Å². The van der Waals surface area contributed by atoms with Crippen molar-refractivity contribution in [3.05, 3.63) is 35.9 Å². The molecule has 2 atom stereocenters. The van der Waals surface area contributed by atoms with Crippen molar-refractivity contribution in [2.45, 2.75) is 51.7 Å². The Balaban J connectivity index is 1.84. The molecule has 2 rings (SSSR count). The van der Waals surface area contributed by atoms with Crippen LogP contribution >= 0.6 is 0 Å². The summed E-state index contributed by atoms with van der Waals surface area (Å²) >= 11 is 0. The number of ether oxygens (including phenoxy) is 1. The van der Waals surface area contributed by atoms with Gasteiger partial charge in [0, 0.05) is 38.0 Å². The normalized spacial score (nSPS) is 23.9. The SMILES string of the molecule is C[C@@H]1OCC[C@@]1(O)CNC(=O)CC(C)(C)CC(=O)c1ccccc1. The molecule has 24 heavy (non-hydrogen) atoms. The second-order valence-corrected chi connectivity index (χ2v) is 7.45. The third-order valence-electron chi connectivity index (χ3n) is 4.63. The first-order valence-electron chi connectivity index (χ1n) is 8.41. The second kappa shape index (κ2) is 7.45. The second-order valence-electron chi connectivity index (χ2n) is 7.45. The lowest BCUT2D eigenvalue weighted by atomic mass is 9.82. The lowest BCUT2D eigenvalue weighted by Gasteiger charge is -2.28. The molecule has 5 heteroatoms. The number of benzene rings is 1. The van der Waals surface area contributed by atoms with E-state index in [-0.39, 0.29) is 30.8 Å². The average molecular weight is 333 g/mol. The van der Waals surface area contributed by atoms with Crippen molar-refractivity contribution >= 4 is 11.7 Å². The molecule has 0 spiro atoms. The van der Waals surface area contributed by atoms with Crippen molar-refractivity contribution in [1.82, 2.24) is 5.32 Å². The fraction of sp³-hybridized carbons (Fsp3) is 0.579. The van der Waals surface area contributed by atoms with Gasteiger partial charge in [-0.25, -0.2) is 0 Å². The highest BCUT2D eigenvalue weighted by Crippen LogP contribution is 2.28. The number of aliphatic hydroxyl groups is 1. The van der Waals surface area contributed by atoms with E-state index in [9.17, 15) is 14.7 Å². The Labute approximate surface area is 143 Å². The number of hydrogen-bond acceptors (Lipinski definition) is 4. The maximum absolute atomic E-state index is 12.3. The van der Waals surface area contributed by atoms with Gasteiger partial charge in [0.15, 0.2) is 5.78 Å². The van der Waals surface area contributed by atoms with Crippen molar-refractivity contribution < 1.29 is 19.4 Å². The Morgan fingerprint density at radius 3 is 2.54 bits per heavy atom. The van der Waals surface area contributed by atoms with E-state index in [1.807, 2.05) is 39.0 Å². The number of carbonyl (C=O) groups is 2. The lowest BCUT2D eigenvalue weighted by Crippen LogP contribution is -2.48. The fourth-order valence-corrected chi connectivity index (χ4v) is 2.97. The van der Waals surface area contributed by atoms with Gasteiger partial charge in [-0.2, -0.15) is 0 Å². The smallest absolute Gasteiger partial charge is 0.220 e. The van der Waals surface area contributed by atoms with Crippen LogP contribution in [0.5, 0.6) is 0 Å². The Hall–Kier alpha value is -1.72. The number of carbonyl (C=O) groups excluding carboxylic acids is 2. The summed E-state index contributed by atoms with van der Waals surface area (Å²) in [5.74, 6) is -0.127. The number of ketones is 1. The molecular weight excluding hydrogens is 306 g/mol. The van der Waals surface area contributed by atoms with Gasteiger partial charge in [-0.05, 0) is 12.3 Å². The molecule has 0 bridgehead atoms. The average Bonchev–Trinajstić information content (AvgIpc) is 2.85. The minimum atomic E-state index is -1.00. The first-order chi connectivity index (χ1) is 11.2. The fourth-order valence-electron chi connectivity index (χ4n) is 2.97. The van der Waals surface area contributed by atoms with E-state index in [1.165, 1.54) is 0 Å². The highest BCUT2D eigenvalue weighted by Gasteiger charge is 2.40. The highest BCUT2D eigenvalue weighted by molar-refractivity contribution is 5.96. The summed E-state index contributed by atoms with van der Waals surface area (Å²) in [6, 6.07) is 9.11. The molecule has 1 fully saturated rings. The molecule has 0 unspecified atom stereocenters. The molecule has 132 valence electrons. The van der Waals surface area contributed by atoms with Crippen molar-refractivity contribution in [1.29, 1.82) is 0 Å². The Bertz CT molecular complexity index is 584. The van der Waals surface area contributed by atoms with Crippen LogP contribution in [0.25, 0.3) is 0 Å². The van der Waals surface area contributed by atoms with Crippen LogP contribution in [-0.4, -0.2) is 41.7 Å². The minimum absolute atomic E-state index is 0.0323. The summed E-state index contributed by atoms with van der Waals surface area (Å²) in [7, 11) is 0. The van der Waals surface area contributed by atoms with Crippen LogP contribution in [0, 0.1) is 5.41 Å². The van der Waals surface area contributed by atoms with Crippen LogP contribution in [0.3, 0.4) is 0 Å². The predicted octanol–water partition coefficient (Wildman–Crippen LogP) is 2.33. The maximum atomic E-state index is 12.3. The monoisotopic (exact) mass is 333 g/mol. The third-order valence-corrected chi connectivity index (χ3v) is 4.63. The van der Waals surface area contributed by atoms with Gasteiger partial charge in [-0.1, -0.05) is 44.2 Å².